The van der Waals surface area contributed by atoms with Gasteiger partial charge in [-0.2, -0.15) is 0 Å². The van der Waals surface area contributed by atoms with Crippen molar-refractivity contribution < 1.29 is 19.1 Å². The number of rotatable bonds is 2. The number of aliphatic carboxylic acids is 1. The van der Waals surface area contributed by atoms with E-state index in [0.29, 0.717) is 18.7 Å². The summed E-state index contributed by atoms with van der Waals surface area (Å²) in [6, 6.07) is 4.83. The van der Waals surface area contributed by atoms with Gasteiger partial charge in [0.1, 0.15) is 5.52 Å². The van der Waals surface area contributed by atoms with Crippen molar-refractivity contribution >= 4 is 22.8 Å². The number of nitrogens with zero attached hydrogens (tertiary/aromatic N) is 2. The largest absolute Gasteiger partial charge is 0.480 e. The van der Waals surface area contributed by atoms with Crippen molar-refractivity contribution in [2.45, 2.75) is 6.04 Å². The third kappa shape index (κ3) is 1.70. The number of benzene rings is 1. The normalized spacial score (nSPS) is 20.2. The van der Waals surface area contributed by atoms with Gasteiger partial charge >= 0.3 is 5.97 Å². The van der Waals surface area contributed by atoms with E-state index < -0.39 is 12.0 Å². The van der Waals surface area contributed by atoms with Crippen molar-refractivity contribution in [1.82, 2.24) is 4.98 Å². The number of carboxylic acid groups (broad SMARTS) is 1. The number of aromatic nitrogens is 1. The molecule has 2 aromatic rings. The van der Waals surface area contributed by atoms with E-state index in [2.05, 4.69) is 4.98 Å². The van der Waals surface area contributed by atoms with E-state index >= 15 is 0 Å². The number of para-hydroxylation sites is 1. The Bertz CT molecular complexity index is 580. The number of hydrogen-bond donors (Lipinski definition) is 1. The molecule has 1 fully saturated rings. The highest BCUT2D eigenvalue weighted by Crippen LogP contribution is 2.28. The van der Waals surface area contributed by atoms with Crippen molar-refractivity contribution in [3.05, 3.63) is 24.6 Å². The van der Waals surface area contributed by atoms with Crippen LogP contribution in [0.25, 0.3) is 11.1 Å². The SMILES string of the molecule is O=C(O)C1COCCN1c1cccc2ncoc12. The highest BCUT2D eigenvalue weighted by Gasteiger charge is 2.30. The lowest BCUT2D eigenvalue weighted by atomic mass is 10.1. The number of hydrogen-bond acceptors (Lipinski definition) is 5. The lowest BCUT2D eigenvalue weighted by Gasteiger charge is -2.34. The quantitative estimate of drug-likeness (QED) is 0.858. The van der Waals surface area contributed by atoms with Gasteiger partial charge in [0.15, 0.2) is 18.0 Å². The maximum atomic E-state index is 11.2. The Kier molecular flexibility index (Phi) is 2.64. The summed E-state index contributed by atoms with van der Waals surface area (Å²) in [4.78, 5) is 17.1. The van der Waals surface area contributed by atoms with Gasteiger partial charge in [0.2, 0.25) is 0 Å². The van der Waals surface area contributed by atoms with Crippen LogP contribution in [0.2, 0.25) is 0 Å². The van der Waals surface area contributed by atoms with Crippen LogP contribution in [0.5, 0.6) is 0 Å². The Labute approximate surface area is 103 Å². The minimum atomic E-state index is -0.897. The standard InChI is InChI=1S/C12H12N2O4/c15-12(16)10-6-17-5-4-14(10)9-3-1-2-8-11(9)18-7-13-8/h1-3,7,10H,4-6H2,(H,15,16). The third-order valence-corrected chi connectivity index (χ3v) is 3.06. The Hall–Kier alpha value is -2.08. The van der Waals surface area contributed by atoms with Gasteiger partial charge < -0.3 is 19.2 Å². The molecule has 1 aromatic carbocycles. The van der Waals surface area contributed by atoms with E-state index in [1.54, 1.807) is 4.90 Å². The second-order valence-corrected chi connectivity index (χ2v) is 4.10. The summed E-state index contributed by atoms with van der Waals surface area (Å²) in [5, 5.41) is 9.22. The first-order valence-electron chi connectivity index (χ1n) is 5.67. The first kappa shape index (κ1) is 11.0. The van der Waals surface area contributed by atoms with Crippen LogP contribution >= 0.6 is 0 Å². The Balaban J connectivity index is 2.06. The third-order valence-electron chi connectivity index (χ3n) is 3.06. The minimum Gasteiger partial charge on any atom is -0.480 e. The second kappa shape index (κ2) is 4.30. The summed E-state index contributed by atoms with van der Waals surface area (Å²) >= 11 is 0. The summed E-state index contributed by atoms with van der Waals surface area (Å²) < 4.78 is 10.6. The number of fused-ring (bicyclic) bond motifs is 1. The van der Waals surface area contributed by atoms with E-state index in [9.17, 15) is 9.90 Å². The molecular formula is C12H12N2O4. The molecule has 1 aromatic heterocycles. The molecule has 0 radical (unpaired) electrons. The first-order valence-corrected chi connectivity index (χ1v) is 5.67. The van der Waals surface area contributed by atoms with Gasteiger partial charge in [0.25, 0.3) is 0 Å². The van der Waals surface area contributed by atoms with E-state index in [1.807, 2.05) is 18.2 Å². The number of morpholine rings is 1. The second-order valence-electron chi connectivity index (χ2n) is 4.10. The molecule has 1 atom stereocenters. The fourth-order valence-electron chi connectivity index (χ4n) is 2.19. The predicted molar refractivity (Wildman–Crippen MR) is 63.6 cm³/mol. The summed E-state index contributed by atoms with van der Waals surface area (Å²) in [7, 11) is 0. The fraction of sp³-hybridized carbons (Fsp3) is 0.333. The average Bonchev–Trinajstić information content (AvgIpc) is 2.86. The molecule has 6 heteroatoms. The van der Waals surface area contributed by atoms with Crippen molar-refractivity contribution in [2.24, 2.45) is 0 Å². The highest BCUT2D eigenvalue weighted by molar-refractivity contribution is 5.89. The van der Waals surface area contributed by atoms with Gasteiger partial charge in [-0.1, -0.05) is 6.07 Å². The molecule has 0 spiro atoms. The number of anilines is 1. The van der Waals surface area contributed by atoms with E-state index in [0.717, 1.165) is 11.2 Å². The van der Waals surface area contributed by atoms with Crippen LogP contribution < -0.4 is 4.90 Å². The molecule has 2 heterocycles. The highest BCUT2D eigenvalue weighted by atomic mass is 16.5. The van der Waals surface area contributed by atoms with Crippen LogP contribution in [-0.4, -0.2) is 41.9 Å². The molecule has 0 amide bonds. The van der Waals surface area contributed by atoms with Gasteiger partial charge in [-0.3, -0.25) is 0 Å². The summed E-state index contributed by atoms with van der Waals surface area (Å²) in [5.74, 6) is -0.897. The molecule has 6 nitrogen and oxygen atoms in total. The molecule has 1 aliphatic heterocycles. The average molecular weight is 248 g/mol. The van der Waals surface area contributed by atoms with Crippen LogP contribution in [0.1, 0.15) is 0 Å². The first-order chi connectivity index (χ1) is 8.77. The van der Waals surface area contributed by atoms with Crippen molar-refractivity contribution in [2.75, 3.05) is 24.7 Å². The molecule has 3 rings (SSSR count). The summed E-state index contributed by atoms with van der Waals surface area (Å²) in [6.45, 7) is 1.21. The van der Waals surface area contributed by atoms with E-state index in [1.165, 1.54) is 6.39 Å². The number of carboxylic acids is 1. The molecule has 1 N–H and O–H groups in total. The van der Waals surface area contributed by atoms with Crippen molar-refractivity contribution in [1.29, 1.82) is 0 Å². The maximum Gasteiger partial charge on any atom is 0.328 e. The van der Waals surface area contributed by atoms with Gasteiger partial charge in [0, 0.05) is 6.54 Å². The van der Waals surface area contributed by atoms with Crippen LogP contribution in [0.15, 0.2) is 29.0 Å². The zero-order chi connectivity index (χ0) is 12.5. The van der Waals surface area contributed by atoms with Crippen LogP contribution in [-0.2, 0) is 9.53 Å². The molecule has 0 aliphatic carbocycles. The van der Waals surface area contributed by atoms with E-state index in [4.69, 9.17) is 9.15 Å². The van der Waals surface area contributed by atoms with Gasteiger partial charge in [-0.05, 0) is 12.1 Å². The lowest BCUT2D eigenvalue weighted by molar-refractivity contribution is -0.141. The summed E-state index contributed by atoms with van der Waals surface area (Å²) in [5.41, 5.74) is 2.09. The Morgan fingerprint density at radius 2 is 2.39 bits per heavy atom. The molecular weight excluding hydrogens is 236 g/mol. The smallest absolute Gasteiger partial charge is 0.328 e. The fourth-order valence-corrected chi connectivity index (χ4v) is 2.19. The summed E-state index contributed by atoms with van der Waals surface area (Å²) in [6.07, 6.45) is 1.37. The van der Waals surface area contributed by atoms with Crippen molar-refractivity contribution in [3.8, 4) is 0 Å². The predicted octanol–water partition coefficient (Wildman–Crippen LogP) is 1.12. The van der Waals surface area contributed by atoms with Crippen LogP contribution in [0.3, 0.4) is 0 Å². The topological polar surface area (TPSA) is 75.8 Å². The van der Waals surface area contributed by atoms with E-state index in [-0.39, 0.29) is 6.61 Å². The number of ether oxygens (including phenoxy) is 1. The van der Waals surface area contributed by atoms with Gasteiger partial charge in [0.05, 0.1) is 18.9 Å². The van der Waals surface area contributed by atoms with Crippen LogP contribution in [0.4, 0.5) is 5.69 Å². The molecule has 1 saturated heterocycles. The van der Waals surface area contributed by atoms with Gasteiger partial charge in [-0.15, -0.1) is 0 Å². The molecule has 0 saturated carbocycles. The van der Waals surface area contributed by atoms with Crippen molar-refractivity contribution in [3.63, 3.8) is 0 Å². The zero-order valence-electron chi connectivity index (χ0n) is 9.57. The molecule has 94 valence electrons. The molecule has 0 bridgehead atoms. The Morgan fingerprint density at radius 3 is 3.22 bits per heavy atom. The van der Waals surface area contributed by atoms with Gasteiger partial charge in [-0.25, -0.2) is 9.78 Å². The maximum absolute atomic E-state index is 11.2. The zero-order valence-corrected chi connectivity index (χ0v) is 9.57. The Morgan fingerprint density at radius 1 is 1.50 bits per heavy atom. The number of oxazole rings is 1. The molecule has 1 aliphatic rings. The molecule has 1 unspecified atom stereocenters. The molecule has 18 heavy (non-hydrogen) atoms. The number of carbonyl (C=O) groups is 1. The monoisotopic (exact) mass is 248 g/mol. The van der Waals surface area contributed by atoms with Crippen LogP contribution in [0, 0.1) is 0 Å². The lowest BCUT2D eigenvalue weighted by Crippen LogP contribution is -2.50. The minimum absolute atomic E-state index is 0.180.